The van der Waals surface area contributed by atoms with E-state index in [0.717, 1.165) is 33.6 Å². The Morgan fingerprint density at radius 3 is 2.64 bits per heavy atom. The Morgan fingerprint density at radius 2 is 1.91 bits per heavy atom. The predicted molar refractivity (Wildman–Crippen MR) is 120 cm³/mol. The van der Waals surface area contributed by atoms with Crippen molar-refractivity contribution in [2.45, 2.75) is 19.3 Å². The summed E-state index contributed by atoms with van der Waals surface area (Å²) in [5.41, 5.74) is 0.0123. The first-order valence-electron chi connectivity index (χ1n) is 9.79. The molecule has 0 fully saturated rings. The van der Waals surface area contributed by atoms with E-state index in [1.54, 1.807) is 0 Å². The predicted octanol–water partition coefficient (Wildman–Crippen LogP) is 4.15. The van der Waals surface area contributed by atoms with E-state index in [0.29, 0.717) is 16.4 Å². The van der Waals surface area contributed by atoms with E-state index in [1.165, 1.54) is 18.5 Å². The Balaban J connectivity index is 1.50. The number of thiazole rings is 1. The Kier molecular flexibility index (Phi) is 6.14. The van der Waals surface area contributed by atoms with E-state index in [-0.39, 0.29) is 11.3 Å². The molecule has 1 amide bonds. The largest absolute Gasteiger partial charge is 0.416 e. The van der Waals surface area contributed by atoms with Crippen LogP contribution < -0.4 is 15.8 Å². The van der Waals surface area contributed by atoms with Gasteiger partial charge in [0.2, 0.25) is 5.91 Å². The fraction of sp³-hybridized carbons (Fsp3) is 0.182. The van der Waals surface area contributed by atoms with Gasteiger partial charge in [-0.1, -0.05) is 47.7 Å². The van der Waals surface area contributed by atoms with Gasteiger partial charge in [-0.05, 0) is 23.8 Å². The van der Waals surface area contributed by atoms with E-state index in [4.69, 9.17) is 0 Å². The summed E-state index contributed by atoms with van der Waals surface area (Å²) in [4.78, 5) is 35.7. The van der Waals surface area contributed by atoms with Crippen LogP contribution in [0.2, 0.25) is 0 Å². The Labute approximate surface area is 190 Å². The third-order valence-electron chi connectivity index (χ3n) is 4.75. The van der Waals surface area contributed by atoms with Crippen LogP contribution in [0.4, 0.5) is 24.0 Å². The van der Waals surface area contributed by atoms with Crippen LogP contribution in [0.5, 0.6) is 0 Å². The number of nitrogens with zero attached hydrogens (tertiary/aromatic N) is 4. The van der Waals surface area contributed by atoms with Gasteiger partial charge >= 0.3 is 6.18 Å². The number of fused-ring (bicyclic) bond motifs is 1. The van der Waals surface area contributed by atoms with Crippen molar-refractivity contribution in [2.75, 3.05) is 17.3 Å². The van der Waals surface area contributed by atoms with Gasteiger partial charge in [0.05, 0.1) is 5.56 Å². The molecule has 0 unspecified atom stereocenters. The maximum atomic E-state index is 12.9. The van der Waals surface area contributed by atoms with Gasteiger partial charge in [0, 0.05) is 19.3 Å². The van der Waals surface area contributed by atoms with Crippen molar-refractivity contribution in [1.29, 1.82) is 0 Å². The summed E-state index contributed by atoms with van der Waals surface area (Å²) < 4.78 is 40.0. The smallest absolute Gasteiger partial charge is 0.347 e. The Morgan fingerprint density at radius 1 is 1.15 bits per heavy atom. The first-order chi connectivity index (χ1) is 15.7. The number of carbonyl (C=O) groups excluding carboxylic acids is 1. The number of nitrogens with one attached hydrogen (secondary N) is 1. The van der Waals surface area contributed by atoms with Crippen molar-refractivity contribution >= 4 is 38.4 Å². The third kappa shape index (κ3) is 5.20. The minimum atomic E-state index is -4.52. The molecule has 2 aromatic carbocycles. The van der Waals surface area contributed by atoms with Gasteiger partial charge in [0.15, 0.2) is 10.8 Å². The lowest BCUT2D eigenvalue weighted by Crippen LogP contribution is -2.27. The molecule has 33 heavy (non-hydrogen) atoms. The van der Waals surface area contributed by atoms with Crippen LogP contribution in [0.1, 0.15) is 11.1 Å². The Bertz CT molecular complexity index is 1350. The highest BCUT2D eigenvalue weighted by Gasteiger charge is 2.30. The highest BCUT2D eigenvalue weighted by atomic mass is 32.1. The van der Waals surface area contributed by atoms with Gasteiger partial charge in [-0.2, -0.15) is 18.2 Å². The van der Waals surface area contributed by atoms with Gasteiger partial charge in [-0.15, -0.1) is 0 Å². The van der Waals surface area contributed by atoms with Gasteiger partial charge in [0.25, 0.3) is 5.56 Å². The summed E-state index contributed by atoms with van der Waals surface area (Å²) in [5.74, 6) is -0.650. The zero-order valence-corrected chi connectivity index (χ0v) is 18.2. The highest BCUT2D eigenvalue weighted by Crippen LogP contribution is 2.30. The van der Waals surface area contributed by atoms with Crippen molar-refractivity contribution in [1.82, 2.24) is 14.5 Å². The molecule has 0 saturated heterocycles. The maximum Gasteiger partial charge on any atom is 0.416 e. The van der Waals surface area contributed by atoms with Gasteiger partial charge in [-0.3, -0.25) is 14.2 Å². The second-order valence-corrected chi connectivity index (χ2v) is 8.27. The van der Waals surface area contributed by atoms with E-state index in [9.17, 15) is 22.8 Å². The zero-order valence-electron chi connectivity index (χ0n) is 17.3. The van der Waals surface area contributed by atoms with Gasteiger partial charge < -0.3 is 10.2 Å². The lowest BCUT2D eigenvalue weighted by molar-refractivity contribution is -0.137. The molecular formula is C22H18F3N5O2S. The third-order valence-corrected chi connectivity index (χ3v) is 5.90. The molecule has 170 valence electrons. The molecule has 0 saturated carbocycles. The molecule has 0 atom stereocenters. The van der Waals surface area contributed by atoms with Crippen LogP contribution in [-0.4, -0.2) is 27.5 Å². The monoisotopic (exact) mass is 473 g/mol. The normalized spacial score (nSPS) is 11.5. The van der Waals surface area contributed by atoms with E-state index < -0.39 is 29.8 Å². The number of hydrogen-bond donors (Lipinski definition) is 1. The molecule has 2 aromatic heterocycles. The number of anilines is 2. The fourth-order valence-electron chi connectivity index (χ4n) is 3.16. The van der Waals surface area contributed by atoms with Crippen LogP contribution in [-0.2, 0) is 24.1 Å². The first kappa shape index (κ1) is 22.5. The van der Waals surface area contributed by atoms with Gasteiger partial charge in [-0.25, -0.2) is 4.98 Å². The molecule has 0 aliphatic heterocycles. The topological polar surface area (TPSA) is 80.1 Å². The molecule has 2 heterocycles. The van der Waals surface area contributed by atoms with E-state index in [1.807, 2.05) is 42.3 Å². The van der Waals surface area contributed by atoms with Crippen molar-refractivity contribution in [3.05, 3.63) is 82.4 Å². The number of rotatable bonds is 6. The SMILES string of the molecule is CN(Cc1ccccc1)c1nc2ncn(CC(=O)Nc3cccc(C(F)(F)F)c3)c(=O)c2s1. The quantitative estimate of drug-likeness (QED) is 0.455. The fourth-order valence-corrected chi connectivity index (χ4v) is 4.09. The highest BCUT2D eigenvalue weighted by molar-refractivity contribution is 7.22. The number of hydrogen-bond acceptors (Lipinski definition) is 6. The van der Waals surface area contributed by atoms with E-state index >= 15 is 0 Å². The molecule has 1 N–H and O–H groups in total. The number of amides is 1. The molecule has 11 heteroatoms. The number of carbonyl (C=O) groups is 1. The average molecular weight is 473 g/mol. The molecule has 0 spiro atoms. The molecule has 0 aliphatic rings. The summed E-state index contributed by atoms with van der Waals surface area (Å²) in [6.45, 7) is 0.194. The second-order valence-electron chi connectivity index (χ2n) is 7.30. The van der Waals surface area contributed by atoms with Crippen molar-refractivity contribution in [2.24, 2.45) is 0 Å². The summed E-state index contributed by atoms with van der Waals surface area (Å²) >= 11 is 1.16. The van der Waals surface area contributed by atoms with Crippen LogP contribution in [0, 0.1) is 0 Å². The molecule has 4 rings (SSSR count). The summed E-state index contributed by atoms with van der Waals surface area (Å²) in [6, 6.07) is 14.1. The standard InChI is InChI=1S/C22H18F3N5O2S/c1-29(11-14-6-3-2-4-7-14)21-28-19-18(33-21)20(32)30(13-26-19)12-17(31)27-16-9-5-8-15(10-16)22(23,24)25/h2-10,13H,11-12H2,1H3,(H,27,31). The molecule has 0 bridgehead atoms. The zero-order chi connectivity index (χ0) is 23.6. The summed E-state index contributed by atoms with van der Waals surface area (Å²) in [6.07, 6.45) is -3.32. The summed E-state index contributed by atoms with van der Waals surface area (Å²) in [7, 11) is 1.85. The van der Waals surface area contributed by atoms with Crippen molar-refractivity contribution in [3.63, 3.8) is 0 Å². The van der Waals surface area contributed by atoms with E-state index in [2.05, 4.69) is 15.3 Å². The number of aromatic nitrogens is 3. The van der Waals surface area contributed by atoms with Gasteiger partial charge in [0.1, 0.15) is 17.6 Å². The lowest BCUT2D eigenvalue weighted by Gasteiger charge is -2.15. The average Bonchev–Trinajstić information content (AvgIpc) is 3.21. The molecular weight excluding hydrogens is 455 g/mol. The molecule has 7 nitrogen and oxygen atoms in total. The van der Waals surface area contributed by atoms with Crippen molar-refractivity contribution in [3.8, 4) is 0 Å². The second kappa shape index (κ2) is 9.02. The van der Waals surface area contributed by atoms with Crippen LogP contribution >= 0.6 is 11.3 Å². The molecule has 0 aliphatic carbocycles. The van der Waals surface area contributed by atoms with Crippen LogP contribution in [0.3, 0.4) is 0 Å². The lowest BCUT2D eigenvalue weighted by atomic mass is 10.2. The minimum Gasteiger partial charge on any atom is -0.347 e. The summed E-state index contributed by atoms with van der Waals surface area (Å²) in [5, 5.41) is 2.98. The minimum absolute atomic E-state index is 0.0143. The molecule has 0 radical (unpaired) electrons. The maximum absolute atomic E-state index is 12.9. The Hall–Kier alpha value is -3.73. The first-order valence-corrected chi connectivity index (χ1v) is 10.6. The molecule has 4 aromatic rings. The number of halogens is 3. The number of alkyl halides is 3. The van der Waals surface area contributed by atoms with Crippen LogP contribution in [0.15, 0.2) is 65.7 Å². The van der Waals surface area contributed by atoms with Crippen molar-refractivity contribution < 1.29 is 18.0 Å². The number of benzene rings is 2. The van der Waals surface area contributed by atoms with Crippen LogP contribution in [0.25, 0.3) is 10.3 Å².